The molecule has 0 aliphatic rings. The molecule has 1 rings (SSSR count). The molecule has 0 heterocycles. The van der Waals surface area contributed by atoms with Crippen LogP contribution < -0.4 is 20.5 Å². The van der Waals surface area contributed by atoms with Crippen LogP contribution in [0.15, 0.2) is 18.2 Å². The number of amides is 2. The molecule has 0 saturated carbocycles. The van der Waals surface area contributed by atoms with Crippen LogP contribution in [0.2, 0.25) is 0 Å². The van der Waals surface area contributed by atoms with Gasteiger partial charge in [-0.2, -0.15) is 0 Å². The number of ether oxygens (including phenoxy) is 3. The summed E-state index contributed by atoms with van der Waals surface area (Å²) in [6.45, 7) is 13.2. The maximum Gasteiger partial charge on any atom is 0.224 e. The minimum absolute atomic E-state index is 0.0591. The maximum absolute atomic E-state index is 12.9. The van der Waals surface area contributed by atoms with Crippen LogP contribution in [0.3, 0.4) is 0 Å². The molecule has 3 atom stereocenters. The summed E-state index contributed by atoms with van der Waals surface area (Å²) in [7, 11) is 3.31. The second kappa shape index (κ2) is 16.6. The van der Waals surface area contributed by atoms with Crippen molar-refractivity contribution in [3.8, 4) is 11.5 Å². The Kier molecular flexibility index (Phi) is 14.7. The number of carbonyl (C=O) groups is 2. The van der Waals surface area contributed by atoms with Gasteiger partial charge in [0.05, 0.1) is 25.2 Å². The predicted molar refractivity (Wildman–Crippen MR) is 151 cm³/mol. The first kappa shape index (κ1) is 33.7. The van der Waals surface area contributed by atoms with Gasteiger partial charge in [0.25, 0.3) is 0 Å². The highest BCUT2D eigenvalue weighted by molar-refractivity contribution is 5.83. The van der Waals surface area contributed by atoms with Crippen molar-refractivity contribution in [1.82, 2.24) is 5.32 Å². The van der Waals surface area contributed by atoms with Gasteiger partial charge in [-0.3, -0.25) is 9.59 Å². The Morgan fingerprint density at radius 3 is 2.26 bits per heavy atom. The van der Waals surface area contributed by atoms with Crippen molar-refractivity contribution in [2.45, 2.75) is 79.8 Å². The largest absolute Gasteiger partial charge is 0.493 e. The molecule has 0 radical (unpaired) electrons. The number of carbonyl (C=O) groups excluding carboxylic acids is 2. The molecule has 0 aliphatic heterocycles. The zero-order chi connectivity index (χ0) is 28.9. The van der Waals surface area contributed by atoms with Gasteiger partial charge in [-0.1, -0.05) is 33.8 Å². The van der Waals surface area contributed by atoms with Gasteiger partial charge in [0.2, 0.25) is 11.8 Å². The van der Waals surface area contributed by atoms with Gasteiger partial charge in [0.1, 0.15) is 0 Å². The van der Waals surface area contributed by atoms with Crippen molar-refractivity contribution in [2.75, 3.05) is 34.0 Å². The van der Waals surface area contributed by atoms with E-state index in [2.05, 4.69) is 25.2 Å². The Morgan fingerprint density at radius 1 is 1.03 bits per heavy atom. The topological polar surface area (TPSA) is 120 Å². The second-order valence-corrected chi connectivity index (χ2v) is 11.7. The number of rotatable bonds is 19. The van der Waals surface area contributed by atoms with Gasteiger partial charge in [-0.25, -0.2) is 0 Å². The number of aliphatic hydroxyl groups is 1. The number of aliphatic hydroxyl groups excluding tert-OH is 1. The molecule has 0 spiro atoms. The highest BCUT2D eigenvalue weighted by Crippen LogP contribution is 2.32. The summed E-state index contributed by atoms with van der Waals surface area (Å²) in [5.41, 5.74) is 5.77. The number of nitrogens with two attached hydrogens (primary N) is 1. The van der Waals surface area contributed by atoms with Crippen LogP contribution in [-0.4, -0.2) is 57.0 Å². The van der Waals surface area contributed by atoms with E-state index in [4.69, 9.17) is 19.9 Å². The molecule has 38 heavy (non-hydrogen) atoms. The van der Waals surface area contributed by atoms with Crippen LogP contribution in [0.1, 0.15) is 72.8 Å². The van der Waals surface area contributed by atoms with E-state index in [1.54, 1.807) is 28.1 Å². The van der Waals surface area contributed by atoms with Crippen molar-refractivity contribution in [3.63, 3.8) is 0 Å². The first-order valence-corrected chi connectivity index (χ1v) is 13.9. The molecule has 2 amide bonds. The zero-order valence-electron chi connectivity index (χ0n) is 24.8. The standard InChI is InChI=1S/C30H52N2O6/c1-20(2)23(16-22-10-13-26(37-8)27(17-22)38-15-9-14-36-7)11-12-24(33)18-25(21(3)4)28(34)32-19-30(5,6)29(31)35/h10,13,17,20-21,23-25,33H,9,11-12,14-16,18-19H2,1-8H3,(H2,31,35)(H,32,34)/t23?,24-,25?/m1/s1. The predicted octanol–water partition coefficient (Wildman–Crippen LogP) is 4.36. The van der Waals surface area contributed by atoms with Gasteiger partial charge >= 0.3 is 0 Å². The quantitative estimate of drug-likeness (QED) is 0.226. The van der Waals surface area contributed by atoms with E-state index in [-0.39, 0.29) is 24.3 Å². The van der Waals surface area contributed by atoms with E-state index in [0.717, 1.165) is 30.6 Å². The van der Waals surface area contributed by atoms with Crippen LogP contribution in [-0.2, 0) is 20.7 Å². The summed E-state index contributed by atoms with van der Waals surface area (Å²) in [5, 5.41) is 13.7. The highest BCUT2D eigenvalue weighted by Gasteiger charge is 2.30. The Morgan fingerprint density at radius 2 is 1.71 bits per heavy atom. The van der Waals surface area contributed by atoms with Gasteiger partial charge in [-0.15, -0.1) is 0 Å². The molecule has 8 nitrogen and oxygen atoms in total. The summed E-state index contributed by atoms with van der Waals surface area (Å²) >= 11 is 0. The molecule has 0 saturated heterocycles. The average molecular weight is 537 g/mol. The fourth-order valence-corrected chi connectivity index (χ4v) is 4.35. The Hall–Kier alpha value is -2.32. The molecule has 0 aliphatic carbocycles. The minimum atomic E-state index is -0.823. The lowest BCUT2D eigenvalue weighted by Crippen LogP contribution is -2.45. The smallest absolute Gasteiger partial charge is 0.224 e. The molecule has 1 aromatic rings. The van der Waals surface area contributed by atoms with Crippen molar-refractivity contribution in [3.05, 3.63) is 23.8 Å². The molecule has 0 fully saturated rings. The molecule has 1 aromatic carbocycles. The van der Waals surface area contributed by atoms with E-state index >= 15 is 0 Å². The molecule has 0 bridgehead atoms. The first-order chi connectivity index (χ1) is 17.8. The van der Waals surface area contributed by atoms with Crippen molar-refractivity contribution in [2.24, 2.45) is 34.8 Å². The van der Waals surface area contributed by atoms with Crippen LogP contribution >= 0.6 is 0 Å². The number of nitrogens with one attached hydrogen (secondary N) is 1. The molecule has 8 heteroatoms. The van der Waals surface area contributed by atoms with Crippen LogP contribution in [0.4, 0.5) is 0 Å². The molecular formula is C30H52N2O6. The van der Waals surface area contributed by atoms with E-state index in [0.29, 0.717) is 43.6 Å². The summed E-state index contributed by atoms with van der Waals surface area (Å²) in [6, 6.07) is 6.06. The summed E-state index contributed by atoms with van der Waals surface area (Å²) in [6.07, 6.45) is 2.91. The first-order valence-electron chi connectivity index (χ1n) is 13.9. The van der Waals surface area contributed by atoms with Gasteiger partial charge in [-0.05, 0) is 75.0 Å². The third kappa shape index (κ3) is 11.6. The Balaban J connectivity index is 2.77. The van der Waals surface area contributed by atoms with E-state index in [9.17, 15) is 14.7 Å². The summed E-state index contributed by atoms with van der Waals surface area (Å²) in [4.78, 5) is 24.5. The van der Waals surface area contributed by atoms with E-state index in [1.165, 1.54) is 0 Å². The minimum Gasteiger partial charge on any atom is -0.493 e. The fraction of sp³-hybridized carbons (Fsp3) is 0.733. The third-order valence-electron chi connectivity index (χ3n) is 7.33. The van der Waals surface area contributed by atoms with Crippen molar-refractivity contribution >= 4 is 11.8 Å². The number of primary amides is 1. The van der Waals surface area contributed by atoms with Gasteiger partial charge in [0, 0.05) is 32.6 Å². The Labute approximate surface area is 230 Å². The van der Waals surface area contributed by atoms with Crippen LogP contribution in [0.25, 0.3) is 0 Å². The van der Waals surface area contributed by atoms with Crippen molar-refractivity contribution in [1.29, 1.82) is 0 Å². The Bertz CT molecular complexity index is 855. The molecule has 0 aromatic heterocycles. The third-order valence-corrected chi connectivity index (χ3v) is 7.33. The monoisotopic (exact) mass is 536 g/mol. The lowest BCUT2D eigenvalue weighted by Gasteiger charge is -2.27. The summed E-state index contributed by atoms with van der Waals surface area (Å²) in [5.74, 6) is 1.34. The second-order valence-electron chi connectivity index (χ2n) is 11.7. The molecule has 4 N–H and O–H groups in total. The lowest BCUT2D eigenvalue weighted by atomic mass is 9.82. The van der Waals surface area contributed by atoms with Gasteiger partial charge in [0.15, 0.2) is 11.5 Å². The maximum atomic E-state index is 12.9. The number of methoxy groups -OCH3 is 2. The lowest BCUT2D eigenvalue weighted by molar-refractivity contribution is -0.130. The molecular weight excluding hydrogens is 484 g/mol. The number of hydrogen-bond acceptors (Lipinski definition) is 6. The molecule has 218 valence electrons. The highest BCUT2D eigenvalue weighted by atomic mass is 16.5. The number of benzene rings is 1. The van der Waals surface area contributed by atoms with E-state index < -0.39 is 17.4 Å². The normalized spacial score (nSPS) is 14.3. The summed E-state index contributed by atoms with van der Waals surface area (Å²) < 4.78 is 16.5. The van der Waals surface area contributed by atoms with Crippen LogP contribution in [0, 0.1) is 29.1 Å². The SMILES string of the molecule is COCCCOc1cc(CC(CC[C@@H](O)CC(C(=O)NCC(C)(C)C(N)=O)C(C)C)C(C)C)ccc1OC. The zero-order valence-corrected chi connectivity index (χ0v) is 24.8. The average Bonchev–Trinajstić information content (AvgIpc) is 2.85. The van der Waals surface area contributed by atoms with Gasteiger partial charge < -0.3 is 30.4 Å². The van der Waals surface area contributed by atoms with Crippen LogP contribution in [0.5, 0.6) is 11.5 Å². The van der Waals surface area contributed by atoms with Crippen molar-refractivity contribution < 1.29 is 28.9 Å². The van der Waals surface area contributed by atoms with E-state index in [1.807, 2.05) is 26.0 Å². The fourth-order valence-electron chi connectivity index (χ4n) is 4.35. The number of hydrogen-bond donors (Lipinski definition) is 3. The molecule has 2 unspecified atom stereocenters.